The summed E-state index contributed by atoms with van der Waals surface area (Å²) in [6.07, 6.45) is 1.78. The van der Waals surface area contributed by atoms with Crippen LogP contribution in [0.3, 0.4) is 0 Å². The standard InChI is InChI=1S/C9H14N4/c10-7-5-13(6-8(7)11)9-3-1-2-4-12-9/h1-4,7-8H,5-6,10-11H2/t7-,8+. The summed E-state index contributed by atoms with van der Waals surface area (Å²) in [4.78, 5) is 6.36. The van der Waals surface area contributed by atoms with Crippen LogP contribution >= 0.6 is 0 Å². The number of anilines is 1. The topological polar surface area (TPSA) is 68.2 Å². The Hall–Kier alpha value is -1.13. The van der Waals surface area contributed by atoms with Gasteiger partial charge in [0.25, 0.3) is 0 Å². The summed E-state index contributed by atoms with van der Waals surface area (Å²) in [6, 6.07) is 5.99. The summed E-state index contributed by atoms with van der Waals surface area (Å²) >= 11 is 0. The largest absolute Gasteiger partial charge is 0.353 e. The van der Waals surface area contributed by atoms with Crippen LogP contribution in [0.1, 0.15) is 0 Å². The van der Waals surface area contributed by atoms with Crippen molar-refractivity contribution in [2.24, 2.45) is 11.5 Å². The molecule has 13 heavy (non-hydrogen) atoms. The van der Waals surface area contributed by atoms with E-state index >= 15 is 0 Å². The Labute approximate surface area is 77.5 Å². The van der Waals surface area contributed by atoms with E-state index in [9.17, 15) is 0 Å². The van der Waals surface area contributed by atoms with Crippen molar-refractivity contribution < 1.29 is 0 Å². The van der Waals surface area contributed by atoms with E-state index in [-0.39, 0.29) is 12.1 Å². The number of aromatic nitrogens is 1. The Balaban J connectivity index is 2.12. The van der Waals surface area contributed by atoms with Gasteiger partial charge < -0.3 is 16.4 Å². The van der Waals surface area contributed by atoms with E-state index < -0.39 is 0 Å². The summed E-state index contributed by atoms with van der Waals surface area (Å²) in [5.41, 5.74) is 11.6. The van der Waals surface area contributed by atoms with Gasteiger partial charge in [0.15, 0.2) is 0 Å². The average molecular weight is 178 g/mol. The molecule has 0 saturated carbocycles. The Bertz CT molecular complexity index is 264. The maximum atomic E-state index is 5.81. The molecular weight excluding hydrogens is 164 g/mol. The van der Waals surface area contributed by atoms with Crippen LogP contribution in [0.5, 0.6) is 0 Å². The lowest BCUT2D eigenvalue weighted by atomic mass is 10.2. The molecule has 0 aliphatic carbocycles. The summed E-state index contributed by atoms with van der Waals surface area (Å²) in [5, 5.41) is 0. The van der Waals surface area contributed by atoms with Crippen LogP contribution < -0.4 is 16.4 Å². The van der Waals surface area contributed by atoms with Crippen LogP contribution in [0.15, 0.2) is 24.4 Å². The average Bonchev–Trinajstić information content (AvgIpc) is 2.49. The van der Waals surface area contributed by atoms with Gasteiger partial charge in [-0.3, -0.25) is 0 Å². The van der Waals surface area contributed by atoms with Crippen LogP contribution in [-0.2, 0) is 0 Å². The van der Waals surface area contributed by atoms with Crippen LogP contribution in [0.25, 0.3) is 0 Å². The van der Waals surface area contributed by atoms with Gasteiger partial charge in [0.1, 0.15) is 5.82 Å². The molecule has 0 spiro atoms. The third kappa shape index (κ3) is 1.64. The molecule has 4 N–H and O–H groups in total. The summed E-state index contributed by atoms with van der Waals surface area (Å²) in [7, 11) is 0. The highest BCUT2D eigenvalue weighted by Crippen LogP contribution is 2.15. The van der Waals surface area contributed by atoms with Gasteiger partial charge in [-0.2, -0.15) is 0 Å². The molecule has 1 aliphatic heterocycles. The van der Waals surface area contributed by atoms with E-state index in [1.165, 1.54) is 0 Å². The molecule has 0 radical (unpaired) electrons. The zero-order valence-electron chi connectivity index (χ0n) is 7.43. The van der Waals surface area contributed by atoms with Gasteiger partial charge in [-0.25, -0.2) is 4.98 Å². The van der Waals surface area contributed by atoms with Crippen molar-refractivity contribution in [3.63, 3.8) is 0 Å². The normalized spacial score (nSPS) is 28.0. The summed E-state index contributed by atoms with van der Waals surface area (Å²) in [5.74, 6) is 0.964. The van der Waals surface area contributed by atoms with Gasteiger partial charge >= 0.3 is 0 Å². The van der Waals surface area contributed by atoms with Gasteiger partial charge in [0.2, 0.25) is 0 Å². The zero-order chi connectivity index (χ0) is 9.26. The van der Waals surface area contributed by atoms with E-state index in [2.05, 4.69) is 9.88 Å². The first kappa shape index (κ1) is 8.47. The Kier molecular flexibility index (Phi) is 2.16. The van der Waals surface area contributed by atoms with E-state index in [0.29, 0.717) is 0 Å². The molecule has 1 aromatic rings. The fourth-order valence-corrected chi connectivity index (χ4v) is 1.58. The van der Waals surface area contributed by atoms with Crippen LogP contribution in [0, 0.1) is 0 Å². The molecule has 1 fully saturated rings. The molecule has 0 unspecified atom stereocenters. The minimum Gasteiger partial charge on any atom is -0.353 e. The second-order valence-corrected chi connectivity index (χ2v) is 3.42. The van der Waals surface area contributed by atoms with Gasteiger partial charge in [-0.05, 0) is 12.1 Å². The molecule has 1 saturated heterocycles. The first-order valence-electron chi connectivity index (χ1n) is 4.44. The lowest BCUT2D eigenvalue weighted by molar-refractivity contribution is 0.642. The van der Waals surface area contributed by atoms with Crippen molar-refractivity contribution in [2.45, 2.75) is 12.1 Å². The van der Waals surface area contributed by atoms with Crippen LogP contribution in [0.4, 0.5) is 5.82 Å². The molecule has 0 amide bonds. The number of rotatable bonds is 1. The van der Waals surface area contributed by atoms with E-state index in [0.717, 1.165) is 18.9 Å². The fourth-order valence-electron chi connectivity index (χ4n) is 1.58. The number of pyridine rings is 1. The molecule has 2 heterocycles. The Morgan fingerprint density at radius 3 is 2.46 bits per heavy atom. The lowest BCUT2D eigenvalue weighted by Crippen LogP contribution is -2.39. The highest BCUT2D eigenvalue weighted by molar-refractivity contribution is 5.40. The third-order valence-electron chi connectivity index (χ3n) is 2.39. The van der Waals surface area contributed by atoms with Crippen molar-refractivity contribution in [1.82, 2.24) is 4.98 Å². The molecule has 70 valence electrons. The van der Waals surface area contributed by atoms with Gasteiger partial charge in [-0.15, -0.1) is 0 Å². The van der Waals surface area contributed by atoms with Crippen LogP contribution in [-0.4, -0.2) is 30.2 Å². The molecule has 0 bridgehead atoms. The van der Waals surface area contributed by atoms with E-state index in [4.69, 9.17) is 11.5 Å². The van der Waals surface area contributed by atoms with Gasteiger partial charge in [0, 0.05) is 31.4 Å². The fraction of sp³-hybridized carbons (Fsp3) is 0.444. The molecule has 4 heteroatoms. The molecule has 1 aliphatic rings. The smallest absolute Gasteiger partial charge is 0.128 e. The van der Waals surface area contributed by atoms with Gasteiger partial charge in [0.05, 0.1) is 0 Å². The maximum absolute atomic E-state index is 5.81. The first-order valence-corrected chi connectivity index (χ1v) is 4.44. The van der Waals surface area contributed by atoms with Crippen molar-refractivity contribution in [3.05, 3.63) is 24.4 Å². The molecule has 1 aromatic heterocycles. The first-order chi connectivity index (χ1) is 6.27. The van der Waals surface area contributed by atoms with Gasteiger partial charge in [-0.1, -0.05) is 6.07 Å². The lowest BCUT2D eigenvalue weighted by Gasteiger charge is -2.15. The minimum atomic E-state index is 0.0713. The molecule has 2 atom stereocenters. The SMILES string of the molecule is N[C@@H]1CN(c2ccccn2)C[C@@H]1N. The monoisotopic (exact) mass is 178 g/mol. The zero-order valence-corrected chi connectivity index (χ0v) is 7.43. The predicted molar refractivity (Wildman–Crippen MR) is 52.4 cm³/mol. The van der Waals surface area contributed by atoms with E-state index in [1.54, 1.807) is 6.20 Å². The predicted octanol–water partition coefficient (Wildman–Crippen LogP) is -0.444. The third-order valence-corrected chi connectivity index (χ3v) is 2.39. The quantitative estimate of drug-likeness (QED) is 0.611. The van der Waals surface area contributed by atoms with Crippen molar-refractivity contribution in [1.29, 1.82) is 0 Å². The number of nitrogens with two attached hydrogens (primary N) is 2. The van der Waals surface area contributed by atoms with E-state index in [1.807, 2.05) is 18.2 Å². The Morgan fingerprint density at radius 1 is 1.23 bits per heavy atom. The molecule has 2 rings (SSSR count). The van der Waals surface area contributed by atoms with Crippen molar-refractivity contribution in [2.75, 3.05) is 18.0 Å². The number of nitrogens with zero attached hydrogens (tertiary/aromatic N) is 2. The second kappa shape index (κ2) is 3.32. The summed E-state index contributed by atoms with van der Waals surface area (Å²) < 4.78 is 0. The number of hydrogen-bond acceptors (Lipinski definition) is 4. The van der Waals surface area contributed by atoms with Crippen LogP contribution in [0.2, 0.25) is 0 Å². The molecular formula is C9H14N4. The second-order valence-electron chi connectivity index (χ2n) is 3.42. The minimum absolute atomic E-state index is 0.0713. The Morgan fingerprint density at radius 2 is 1.92 bits per heavy atom. The molecule has 0 aromatic carbocycles. The highest BCUT2D eigenvalue weighted by Gasteiger charge is 2.27. The number of hydrogen-bond donors (Lipinski definition) is 2. The van der Waals surface area contributed by atoms with Crippen molar-refractivity contribution >= 4 is 5.82 Å². The molecule has 4 nitrogen and oxygen atoms in total. The van der Waals surface area contributed by atoms with Crippen molar-refractivity contribution in [3.8, 4) is 0 Å². The highest BCUT2D eigenvalue weighted by atomic mass is 15.2. The summed E-state index contributed by atoms with van der Waals surface area (Å²) in [6.45, 7) is 1.61. The maximum Gasteiger partial charge on any atom is 0.128 e.